The minimum absolute atomic E-state index is 0.120. The molecule has 1 fully saturated rings. The van der Waals surface area contributed by atoms with Crippen LogP contribution in [0.3, 0.4) is 0 Å². The number of ether oxygens (including phenoxy) is 2. The average molecular weight is 227 g/mol. The Morgan fingerprint density at radius 2 is 2.19 bits per heavy atom. The summed E-state index contributed by atoms with van der Waals surface area (Å²) in [5, 5.41) is 0. The Labute approximate surface area is 95.0 Å². The van der Waals surface area contributed by atoms with Crippen LogP contribution in [0.5, 0.6) is 0 Å². The first kappa shape index (κ1) is 12.5. The quantitative estimate of drug-likeness (QED) is 0.416. The molecule has 1 heterocycles. The van der Waals surface area contributed by atoms with E-state index in [0.717, 1.165) is 6.42 Å². The van der Waals surface area contributed by atoms with Crippen molar-refractivity contribution in [3.63, 3.8) is 0 Å². The fraction of sp³-hybridized carbons (Fsp3) is 0.636. The van der Waals surface area contributed by atoms with Crippen LogP contribution in [0.15, 0.2) is 12.2 Å². The Balaban J connectivity index is 2.31. The SMILES string of the molecule is C=C(C)C(=O)OC1CN1C(=O)OC(C)CC. The molecule has 1 aliphatic rings. The predicted octanol–water partition coefficient (Wildman–Crippen LogP) is 1.68. The monoisotopic (exact) mass is 227 g/mol. The Morgan fingerprint density at radius 3 is 2.69 bits per heavy atom. The molecule has 2 unspecified atom stereocenters. The second-order valence-electron chi connectivity index (χ2n) is 3.90. The van der Waals surface area contributed by atoms with Gasteiger partial charge in [-0.1, -0.05) is 13.5 Å². The van der Waals surface area contributed by atoms with Crippen LogP contribution in [0.1, 0.15) is 27.2 Å². The summed E-state index contributed by atoms with van der Waals surface area (Å²) in [6.07, 6.45) is -0.282. The van der Waals surface area contributed by atoms with Gasteiger partial charge in [-0.3, -0.25) is 4.90 Å². The molecule has 0 aromatic heterocycles. The van der Waals surface area contributed by atoms with E-state index in [2.05, 4.69) is 6.58 Å². The normalized spacial score (nSPS) is 19.9. The lowest BCUT2D eigenvalue weighted by Crippen LogP contribution is -2.22. The number of carbonyl (C=O) groups is 2. The van der Waals surface area contributed by atoms with Gasteiger partial charge in [0.25, 0.3) is 0 Å². The number of nitrogens with zero attached hydrogens (tertiary/aromatic N) is 1. The number of amides is 1. The molecule has 2 atom stereocenters. The lowest BCUT2D eigenvalue weighted by atomic mass is 10.3. The Kier molecular flexibility index (Phi) is 3.93. The highest BCUT2D eigenvalue weighted by Crippen LogP contribution is 2.21. The molecule has 0 aliphatic carbocycles. The van der Waals surface area contributed by atoms with E-state index in [-0.39, 0.29) is 6.10 Å². The van der Waals surface area contributed by atoms with E-state index < -0.39 is 18.3 Å². The number of hydrogen-bond donors (Lipinski definition) is 0. The maximum Gasteiger partial charge on any atom is 0.413 e. The summed E-state index contributed by atoms with van der Waals surface area (Å²) in [5.74, 6) is -0.483. The van der Waals surface area contributed by atoms with Crippen molar-refractivity contribution < 1.29 is 19.1 Å². The largest absolute Gasteiger partial charge is 0.446 e. The molecule has 1 amide bonds. The molecule has 0 aromatic rings. The van der Waals surface area contributed by atoms with Gasteiger partial charge in [0, 0.05) is 5.57 Å². The average Bonchev–Trinajstić information content (AvgIpc) is 2.96. The van der Waals surface area contributed by atoms with Crippen molar-refractivity contribution in [3.05, 3.63) is 12.2 Å². The van der Waals surface area contributed by atoms with Crippen LogP contribution in [0.25, 0.3) is 0 Å². The molecule has 0 saturated carbocycles. The highest BCUT2D eigenvalue weighted by atomic mass is 16.6. The highest BCUT2D eigenvalue weighted by Gasteiger charge is 2.43. The van der Waals surface area contributed by atoms with Gasteiger partial charge in [0.05, 0.1) is 6.54 Å². The van der Waals surface area contributed by atoms with Crippen molar-refractivity contribution in [2.75, 3.05) is 6.54 Å². The van der Waals surface area contributed by atoms with E-state index in [4.69, 9.17) is 9.47 Å². The number of rotatable bonds is 4. The van der Waals surface area contributed by atoms with E-state index in [1.165, 1.54) is 4.90 Å². The maximum absolute atomic E-state index is 11.4. The van der Waals surface area contributed by atoms with Crippen molar-refractivity contribution in [2.45, 2.75) is 39.5 Å². The first-order chi connectivity index (χ1) is 7.45. The summed E-state index contributed by atoms with van der Waals surface area (Å²) in [5.41, 5.74) is 0.321. The van der Waals surface area contributed by atoms with Gasteiger partial charge in [0.2, 0.25) is 0 Å². The first-order valence-electron chi connectivity index (χ1n) is 5.29. The van der Waals surface area contributed by atoms with E-state index in [1.807, 2.05) is 13.8 Å². The fourth-order valence-electron chi connectivity index (χ4n) is 0.961. The molecule has 5 heteroatoms. The van der Waals surface area contributed by atoms with Crippen molar-refractivity contribution >= 4 is 12.1 Å². The molecule has 0 bridgehead atoms. The molecule has 16 heavy (non-hydrogen) atoms. The summed E-state index contributed by atoms with van der Waals surface area (Å²) in [4.78, 5) is 23.9. The van der Waals surface area contributed by atoms with Crippen LogP contribution in [0.2, 0.25) is 0 Å². The smallest absolute Gasteiger partial charge is 0.413 e. The van der Waals surface area contributed by atoms with Gasteiger partial charge >= 0.3 is 12.1 Å². The second kappa shape index (κ2) is 5.01. The van der Waals surface area contributed by atoms with Crippen LogP contribution in [-0.4, -0.2) is 35.8 Å². The second-order valence-corrected chi connectivity index (χ2v) is 3.90. The zero-order chi connectivity index (χ0) is 12.3. The highest BCUT2D eigenvalue weighted by molar-refractivity contribution is 5.87. The van der Waals surface area contributed by atoms with Crippen molar-refractivity contribution in [3.8, 4) is 0 Å². The minimum Gasteiger partial charge on any atom is -0.446 e. The molecule has 0 spiro atoms. The standard InChI is InChI=1S/C11H17NO4/c1-5-8(4)15-11(14)12-6-9(12)16-10(13)7(2)3/h8-9H,2,5-6H2,1,3-4H3. The third-order valence-electron chi connectivity index (χ3n) is 2.27. The van der Waals surface area contributed by atoms with Gasteiger partial charge in [-0.25, -0.2) is 9.59 Å². The Morgan fingerprint density at radius 1 is 1.56 bits per heavy atom. The molecule has 1 rings (SSSR count). The van der Waals surface area contributed by atoms with Crippen molar-refractivity contribution in [2.24, 2.45) is 0 Å². The molecule has 1 saturated heterocycles. The molecular formula is C11H17NO4. The van der Waals surface area contributed by atoms with E-state index >= 15 is 0 Å². The Bertz CT molecular complexity index is 313. The van der Waals surface area contributed by atoms with E-state index in [0.29, 0.717) is 12.1 Å². The lowest BCUT2D eigenvalue weighted by Gasteiger charge is -2.11. The molecule has 0 radical (unpaired) electrons. The number of carbonyl (C=O) groups excluding carboxylic acids is 2. The molecule has 0 aromatic carbocycles. The van der Waals surface area contributed by atoms with Crippen molar-refractivity contribution in [1.82, 2.24) is 4.90 Å². The van der Waals surface area contributed by atoms with Gasteiger partial charge in [-0.05, 0) is 20.3 Å². The molecular weight excluding hydrogens is 210 g/mol. The first-order valence-corrected chi connectivity index (χ1v) is 5.29. The van der Waals surface area contributed by atoms with Crippen LogP contribution < -0.4 is 0 Å². The summed E-state index contributed by atoms with van der Waals surface area (Å²) < 4.78 is 10.0. The molecule has 5 nitrogen and oxygen atoms in total. The zero-order valence-corrected chi connectivity index (χ0v) is 9.86. The maximum atomic E-state index is 11.4. The predicted molar refractivity (Wildman–Crippen MR) is 57.6 cm³/mol. The summed E-state index contributed by atoms with van der Waals surface area (Å²) in [6.45, 7) is 9.16. The number of esters is 1. The lowest BCUT2D eigenvalue weighted by molar-refractivity contribution is -0.141. The summed E-state index contributed by atoms with van der Waals surface area (Å²) in [6, 6.07) is 0. The van der Waals surface area contributed by atoms with Crippen LogP contribution >= 0.6 is 0 Å². The third kappa shape index (κ3) is 3.25. The van der Waals surface area contributed by atoms with Crippen LogP contribution in [-0.2, 0) is 14.3 Å². The van der Waals surface area contributed by atoms with Gasteiger partial charge < -0.3 is 9.47 Å². The fourth-order valence-corrected chi connectivity index (χ4v) is 0.961. The van der Waals surface area contributed by atoms with Crippen molar-refractivity contribution in [1.29, 1.82) is 0 Å². The van der Waals surface area contributed by atoms with Gasteiger partial charge in [0.1, 0.15) is 6.10 Å². The number of hydrogen-bond acceptors (Lipinski definition) is 4. The van der Waals surface area contributed by atoms with E-state index in [9.17, 15) is 9.59 Å². The van der Waals surface area contributed by atoms with E-state index in [1.54, 1.807) is 6.92 Å². The van der Waals surface area contributed by atoms with Gasteiger partial charge in [-0.15, -0.1) is 0 Å². The third-order valence-corrected chi connectivity index (χ3v) is 2.27. The summed E-state index contributed by atoms with van der Waals surface area (Å²) in [7, 11) is 0. The topological polar surface area (TPSA) is 55.6 Å². The van der Waals surface area contributed by atoms with Gasteiger partial charge in [0.15, 0.2) is 6.23 Å². The molecule has 90 valence electrons. The zero-order valence-electron chi connectivity index (χ0n) is 9.86. The van der Waals surface area contributed by atoms with Gasteiger partial charge in [-0.2, -0.15) is 0 Å². The summed E-state index contributed by atoms with van der Waals surface area (Å²) >= 11 is 0. The Hall–Kier alpha value is -1.52. The molecule has 0 N–H and O–H groups in total. The minimum atomic E-state index is -0.485. The van der Waals surface area contributed by atoms with Crippen LogP contribution in [0.4, 0.5) is 4.79 Å². The molecule has 1 aliphatic heterocycles. The van der Waals surface area contributed by atoms with Crippen LogP contribution in [0, 0.1) is 0 Å².